The first-order valence-corrected chi connectivity index (χ1v) is 9.93. The number of hydrogen-bond donors (Lipinski definition) is 1. The van der Waals surface area contributed by atoms with Crippen LogP contribution in [0.2, 0.25) is 0 Å². The Bertz CT molecular complexity index is 1030. The van der Waals surface area contributed by atoms with Crippen LogP contribution in [0.25, 0.3) is 0 Å². The molecule has 3 aromatic rings. The number of rotatable bonds is 5. The summed E-state index contributed by atoms with van der Waals surface area (Å²) >= 11 is 0.960. The van der Waals surface area contributed by atoms with Crippen molar-refractivity contribution in [1.29, 1.82) is 0 Å². The lowest BCUT2D eigenvalue weighted by atomic mass is 10.0. The molecule has 0 bridgehead atoms. The quantitative estimate of drug-likeness (QED) is 0.661. The standard InChI is InChI=1S/C21H20F2N4O2S/c1-21(2,3)24-19(28)18(13-8-10-14(22)11-9-13)27(17-7-5-4-6-15(17)23)20(29)16-12-30-26-25-16/h4-12,18H,1-3H3,(H,24,28)/t18-/m1/s1. The molecular weight excluding hydrogens is 410 g/mol. The summed E-state index contributed by atoms with van der Waals surface area (Å²) in [6.45, 7) is 5.35. The van der Waals surface area contributed by atoms with E-state index in [2.05, 4.69) is 14.9 Å². The Morgan fingerprint density at radius 3 is 2.30 bits per heavy atom. The van der Waals surface area contributed by atoms with Crippen LogP contribution in [-0.2, 0) is 4.79 Å². The topological polar surface area (TPSA) is 75.2 Å². The average molecular weight is 430 g/mol. The summed E-state index contributed by atoms with van der Waals surface area (Å²) in [5, 5.41) is 8.02. The zero-order valence-corrected chi connectivity index (χ0v) is 17.4. The molecule has 30 heavy (non-hydrogen) atoms. The Kier molecular flexibility index (Phi) is 6.21. The van der Waals surface area contributed by atoms with Gasteiger partial charge in [-0.3, -0.25) is 14.5 Å². The molecule has 0 saturated carbocycles. The summed E-state index contributed by atoms with van der Waals surface area (Å²) in [7, 11) is 0. The summed E-state index contributed by atoms with van der Waals surface area (Å²) in [4.78, 5) is 27.6. The van der Waals surface area contributed by atoms with E-state index in [0.717, 1.165) is 16.4 Å². The molecule has 2 amide bonds. The largest absolute Gasteiger partial charge is 0.349 e. The van der Waals surface area contributed by atoms with Gasteiger partial charge in [-0.1, -0.05) is 28.8 Å². The van der Waals surface area contributed by atoms with Gasteiger partial charge in [0.1, 0.15) is 17.7 Å². The summed E-state index contributed by atoms with van der Waals surface area (Å²) in [6.07, 6.45) is 0. The number of halogens is 2. The van der Waals surface area contributed by atoms with E-state index in [0.29, 0.717) is 5.56 Å². The van der Waals surface area contributed by atoms with Crippen molar-refractivity contribution in [1.82, 2.24) is 14.9 Å². The van der Waals surface area contributed by atoms with E-state index in [4.69, 9.17) is 0 Å². The number of amides is 2. The van der Waals surface area contributed by atoms with Crippen LogP contribution in [-0.4, -0.2) is 26.9 Å². The van der Waals surface area contributed by atoms with Crippen LogP contribution >= 0.6 is 11.5 Å². The van der Waals surface area contributed by atoms with Gasteiger partial charge in [-0.2, -0.15) is 0 Å². The molecule has 0 aliphatic rings. The molecule has 0 spiro atoms. The summed E-state index contributed by atoms with van der Waals surface area (Å²) in [6, 6.07) is 9.51. The third-order valence-corrected chi connectivity index (χ3v) is 4.61. The van der Waals surface area contributed by atoms with Crippen LogP contribution in [0.15, 0.2) is 53.9 Å². The number of anilines is 1. The van der Waals surface area contributed by atoms with Gasteiger partial charge >= 0.3 is 0 Å². The molecule has 0 aliphatic heterocycles. The molecule has 3 rings (SSSR count). The highest BCUT2D eigenvalue weighted by Crippen LogP contribution is 2.32. The fourth-order valence-corrected chi connectivity index (χ4v) is 3.32. The van der Waals surface area contributed by atoms with E-state index >= 15 is 0 Å². The molecule has 0 aliphatic carbocycles. The summed E-state index contributed by atoms with van der Waals surface area (Å²) < 4.78 is 32.0. The van der Waals surface area contributed by atoms with E-state index in [9.17, 15) is 18.4 Å². The van der Waals surface area contributed by atoms with Gasteiger partial charge in [0.25, 0.3) is 5.91 Å². The summed E-state index contributed by atoms with van der Waals surface area (Å²) in [5.74, 6) is -2.44. The van der Waals surface area contributed by atoms with Gasteiger partial charge < -0.3 is 5.32 Å². The minimum absolute atomic E-state index is 0.0288. The molecule has 2 aromatic carbocycles. The van der Waals surface area contributed by atoms with Crippen molar-refractivity contribution in [2.75, 3.05) is 4.90 Å². The zero-order valence-electron chi connectivity index (χ0n) is 16.6. The highest BCUT2D eigenvalue weighted by atomic mass is 32.1. The SMILES string of the molecule is CC(C)(C)NC(=O)[C@@H](c1ccc(F)cc1)N(C(=O)c1csnn1)c1ccccc1F. The molecular formula is C21H20F2N4O2S. The van der Waals surface area contributed by atoms with Crippen molar-refractivity contribution in [3.63, 3.8) is 0 Å². The minimum Gasteiger partial charge on any atom is -0.349 e. The van der Waals surface area contributed by atoms with Crippen molar-refractivity contribution in [2.45, 2.75) is 32.4 Å². The van der Waals surface area contributed by atoms with Gasteiger partial charge in [0.2, 0.25) is 5.91 Å². The fraction of sp³-hybridized carbons (Fsp3) is 0.238. The lowest BCUT2D eigenvalue weighted by Gasteiger charge is -2.33. The zero-order chi connectivity index (χ0) is 21.9. The minimum atomic E-state index is -1.27. The molecule has 156 valence electrons. The first kappa shape index (κ1) is 21.5. The molecule has 0 fully saturated rings. The number of benzene rings is 2. The predicted octanol–water partition coefficient (Wildman–Crippen LogP) is 4.12. The van der Waals surface area contributed by atoms with Crippen LogP contribution in [0.4, 0.5) is 14.5 Å². The lowest BCUT2D eigenvalue weighted by Crippen LogP contribution is -2.49. The maximum Gasteiger partial charge on any atom is 0.280 e. The van der Waals surface area contributed by atoms with Crippen molar-refractivity contribution in [2.24, 2.45) is 0 Å². The monoisotopic (exact) mass is 430 g/mol. The van der Waals surface area contributed by atoms with Crippen LogP contribution in [0.3, 0.4) is 0 Å². The summed E-state index contributed by atoms with van der Waals surface area (Å²) in [5.41, 5.74) is -0.438. The lowest BCUT2D eigenvalue weighted by molar-refractivity contribution is -0.123. The van der Waals surface area contributed by atoms with Gasteiger partial charge in [-0.15, -0.1) is 5.10 Å². The highest BCUT2D eigenvalue weighted by Gasteiger charge is 2.37. The molecule has 0 radical (unpaired) electrons. The van der Waals surface area contributed by atoms with Crippen LogP contribution in [0.5, 0.6) is 0 Å². The van der Waals surface area contributed by atoms with E-state index in [1.165, 1.54) is 47.8 Å². The van der Waals surface area contributed by atoms with Crippen molar-refractivity contribution < 1.29 is 18.4 Å². The smallest absolute Gasteiger partial charge is 0.280 e. The number of aromatic nitrogens is 2. The average Bonchev–Trinajstić information content (AvgIpc) is 3.21. The molecule has 0 saturated heterocycles. The van der Waals surface area contributed by atoms with E-state index < -0.39 is 35.0 Å². The van der Waals surface area contributed by atoms with Crippen molar-refractivity contribution in [3.05, 3.63) is 76.8 Å². The van der Waals surface area contributed by atoms with Crippen molar-refractivity contribution >= 4 is 29.0 Å². The normalized spacial score (nSPS) is 12.3. The second-order valence-corrected chi connectivity index (χ2v) is 8.22. The Hall–Kier alpha value is -3.20. The van der Waals surface area contributed by atoms with Gasteiger partial charge in [-0.25, -0.2) is 8.78 Å². The highest BCUT2D eigenvalue weighted by molar-refractivity contribution is 7.03. The number of carbonyl (C=O) groups excluding carboxylic acids is 2. The van der Waals surface area contributed by atoms with E-state index in [-0.39, 0.29) is 11.4 Å². The number of carbonyl (C=O) groups is 2. The van der Waals surface area contributed by atoms with Crippen LogP contribution in [0, 0.1) is 11.6 Å². The molecule has 9 heteroatoms. The first-order chi connectivity index (χ1) is 14.2. The third kappa shape index (κ3) is 4.85. The van der Waals surface area contributed by atoms with Gasteiger partial charge in [-0.05, 0) is 62.1 Å². The van der Waals surface area contributed by atoms with Gasteiger partial charge in [0, 0.05) is 10.9 Å². The molecule has 1 aromatic heterocycles. The predicted molar refractivity (Wildman–Crippen MR) is 110 cm³/mol. The molecule has 6 nitrogen and oxygen atoms in total. The first-order valence-electron chi connectivity index (χ1n) is 9.10. The Morgan fingerprint density at radius 1 is 1.07 bits per heavy atom. The molecule has 0 unspecified atom stereocenters. The van der Waals surface area contributed by atoms with Gasteiger partial charge in [0.15, 0.2) is 5.69 Å². The molecule has 1 N–H and O–H groups in total. The van der Waals surface area contributed by atoms with E-state index in [1.807, 2.05) is 0 Å². The Morgan fingerprint density at radius 2 is 1.73 bits per heavy atom. The molecule has 1 heterocycles. The Labute approximate surface area is 176 Å². The maximum absolute atomic E-state index is 14.8. The number of nitrogens with one attached hydrogen (secondary N) is 1. The van der Waals surface area contributed by atoms with Crippen LogP contribution in [0.1, 0.15) is 42.9 Å². The van der Waals surface area contributed by atoms with E-state index in [1.54, 1.807) is 26.8 Å². The fourth-order valence-electron chi connectivity index (χ4n) is 2.89. The van der Waals surface area contributed by atoms with Gasteiger partial charge in [0.05, 0.1) is 5.69 Å². The third-order valence-electron chi connectivity index (χ3n) is 4.10. The Balaban J connectivity index is 2.19. The maximum atomic E-state index is 14.8. The van der Waals surface area contributed by atoms with Crippen LogP contribution < -0.4 is 10.2 Å². The number of para-hydroxylation sites is 1. The second kappa shape index (κ2) is 8.66. The molecule has 1 atom stereocenters. The second-order valence-electron chi connectivity index (χ2n) is 7.61. The number of hydrogen-bond acceptors (Lipinski definition) is 5. The number of nitrogens with zero attached hydrogens (tertiary/aromatic N) is 3. The van der Waals surface area contributed by atoms with Crippen molar-refractivity contribution in [3.8, 4) is 0 Å².